The van der Waals surface area contributed by atoms with E-state index < -0.39 is 78.3 Å². The minimum absolute atomic E-state index is 0.0880. The van der Waals surface area contributed by atoms with Gasteiger partial charge < -0.3 is 33.9 Å². The molecule has 234 valence electrons. The molecule has 0 radical (unpaired) electrons. The Labute approximate surface area is 245 Å². The highest BCUT2D eigenvalue weighted by Gasteiger charge is 2.51. The van der Waals surface area contributed by atoms with Gasteiger partial charge in [0.1, 0.15) is 18.3 Å². The molecule has 0 aromatic heterocycles. The van der Waals surface area contributed by atoms with Crippen molar-refractivity contribution in [2.24, 2.45) is 11.3 Å². The van der Waals surface area contributed by atoms with Crippen LogP contribution in [-0.2, 0) is 47.7 Å². The highest BCUT2D eigenvalue weighted by Crippen LogP contribution is 2.51. The number of hydrogen-bond donors (Lipinski definition) is 2. The molecule has 2 rings (SSSR count). The highest BCUT2D eigenvalue weighted by molar-refractivity contribution is 5.70. The zero-order valence-corrected chi connectivity index (χ0v) is 25.6. The Balaban J connectivity index is 3.13. The van der Waals surface area contributed by atoms with E-state index in [0.29, 0.717) is 11.1 Å². The van der Waals surface area contributed by atoms with Gasteiger partial charge in [0, 0.05) is 52.5 Å². The van der Waals surface area contributed by atoms with Crippen molar-refractivity contribution < 1.29 is 57.9 Å². The van der Waals surface area contributed by atoms with Crippen LogP contribution in [0.4, 0.5) is 0 Å². The Kier molecular flexibility index (Phi) is 11.7. The second kappa shape index (κ2) is 14.1. The fourth-order valence-electron chi connectivity index (χ4n) is 5.85. The Morgan fingerprint density at radius 2 is 1.29 bits per heavy atom. The van der Waals surface area contributed by atoms with Crippen molar-refractivity contribution in [3.8, 4) is 0 Å². The van der Waals surface area contributed by atoms with Crippen molar-refractivity contribution >= 4 is 29.8 Å². The van der Waals surface area contributed by atoms with Crippen molar-refractivity contribution in [2.75, 3.05) is 6.61 Å². The Bertz CT molecular complexity index is 1190. The first-order valence-corrected chi connectivity index (χ1v) is 13.7. The largest absolute Gasteiger partial charge is 0.458 e. The lowest BCUT2D eigenvalue weighted by Gasteiger charge is -2.48. The summed E-state index contributed by atoms with van der Waals surface area (Å²) in [5.41, 5.74) is 0.177. The molecule has 0 unspecified atom stereocenters. The summed E-state index contributed by atoms with van der Waals surface area (Å²) >= 11 is 0. The predicted molar refractivity (Wildman–Crippen MR) is 147 cm³/mol. The molecule has 2 N–H and O–H groups in total. The van der Waals surface area contributed by atoms with Crippen molar-refractivity contribution in [3.63, 3.8) is 0 Å². The third-order valence-electron chi connectivity index (χ3n) is 7.65. The van der Waals surface area contributed by atoms with E-state index in [4.69, 9.17) is 23.7 Å². The molecular formula is C30H42O12. The average Bonchev–Trinajstić information content (AvgIpc) is 2.83. The molecule has 0 aromatic carbocycles. The van der Waals surface area contributed by atoms with Gasteiger partial charge in [0.2, 0.25) is 0 Å². The molecule has 0 saturated carbocycles. The van der Waals surface area contributed by atoms with E-state index in [1.807, 2.05) is 13.8 Å². The van der Waals surface area contributed by atoms with Gasteiger partial charge in [0.05, 0.1) is 12.7 Å². The van der Waals surface area contributed by atoms with Crippen molar-refractivity contribution in [2.45, 2.75) is 106 Å². The monoisotopic (exact) mass is 594 g/mol. The maximum atomic E-state index is 12.5. The minimum Gasteiger partial charge on any atom is -0.458 e. The smallest absolute Gasteiger partial charge is 0.307 e. The molecule has 0 saturated heterocycles. The molecule has 6 atom stereocenters. The maximum Gasteiger partial charge on any atom is 0.307 e. The number of hydrogen-bond acceptors (Lipinski definition) is 12. The molecule has 0 aromatic rings. The van der Waals surface area contributed by atoms with Crippen LogP contribution in [0.25, 0.3) is 0 Å². The number of fused-ring (bicyclic) bond motifs is 2. The first-order valence-electron chi connectivity index (χ1n) is 13.7. The van der Waals surface area contributed by atoms with Crippen molar-refractivity contribution in [3.05, 3.63) is 34.1 Å². The topological polar surface area (TPSA) is 172 Å². The van der Waals surface area contributed by atoms with Gasteiger partial charge in [-0.1, -0.05) is 13.8 Å². The normalized spacial score (nSPS) is 27.9. The first kappa shape index (κ1) is 34.7. The molecule has 12 nitrogen and oxygen atoms in total. The summed E-state index contributed by atoms with van der Waals surface area (Å²) < 4.78 is 28.4. The molecule has 2 aliphatic rings. The number of ether oxygens (including phenoxy) is 5. The van der Waals surface area contributed by atoms with E-state index >= 15 is 0 Å². The summed E-state index contributed by atoms with van der Waals surface area (Å²) in [5, 5.41) is 21.4. The van der Waals surface area contributed by atoms with Crippen molar-refractivity contribution in [1.29, 1.82) is 0 Å². The van der Waals surface area contributed by atoms with Gasteiger partial charge in [-0.2, -0.15) is 0 Å². The van der Waals surface area contributed by atoms with E-state index in [1.165, 1.54) is 33.8 Å². The number of rotatable bonds is 6. The average molecular weight is 595 g/mol. The molecule has 0 aliphatic heterocycles. The Hall–Kier alpha value is -3.51. The standard InChI is InChI=1S/C30H42O12/c1-14-24(38-16(3)32)11-22-26(40-18(5)34)10-21(13-31)23(37)12-25(39-17(4)33)15(2)28(41-19(6)35)29(42-20(7)36)27(14)30(22,8)9/h10,22-26,29,31,37H,11-13H2,1-9H3/t22-,23-,24-,25-,26-,29+/m0/s1. The summed E-state index contributed by atoms with van der Waals surface area (Å²) in [6.07, 6.45) is -4.54. The zero-order valence-electron chi connectivity index (χ0n) is 25.6. The SMILES string of the molecule is CC(=O)OC1=C(C)[C@@H](OC(C)=O)C[C@H](O)C(CO)=C[C@H](OC(C)=O)[C@@H]2C[C@H](OC(C)=O)C(C)=C([C@H]1OC(C)=O)C2(C)C. The third-order valence-corrected chi connectivity index (χ3v) is 7.65. The lowest BCUT2D eigenvalue weighted by molar-refractivity contribution is -0.156. The maximum absolute atomic E-state index is 12.5. The molecule has 2 aliphatic carbocycles. The van der Waals surface area contributed by atoms with Crippen LogP contribution >= 0.6 is 0 Å². The molecule has 0 amide bonds. The van der Waals surface area contributed by atoms with Gasteiger partial charge in [0.25, 0.3) is 0 Å². The van der Waals surface area contributed by atoms with Crippen LogP contribution in [0.2, 0.25) is 0 Å². The van der Waals surface area contributed by atoms with Gasteiger partial charge in [-0.25, -0.2) is 0 Å². The molecule has 42 heavy (non-hydrogen) atoms. The quantitative estimate of drug-likeness (QED) is 0.262. The summed E-state index contributed by atoms with van der Waals surface area (Å²) in [6, 6.07) is 0. The number of aliphatic hydroxyl groups excluding tert-OH is 2. The van der Waals surface area contributed by atoms with Crippen LogP contribution in [0.3, 0.4) is 0 Å². The Morgan fingerprint density at radius 3 is 1.74 bits per heavy atom. The molecule has 2 bridgehead atoms. The fraction of sp³-hybridized carbons (Fsp3) is 0.633. The number of carbonyl (C=O) groups excluding carboxylic acids is 5. The zero-order chi connectivity index (χ0) is 32.1. The first-order chi connectivity index (χ1) is 19.4. The molecule has 12 heteroatoms. The van der Waals surface area contributed by atoms with E-state index in [2.05, 4.69) is 0 Å². The number of esters is 5. The highest BCUT2D eigenvalue weighted by atomic mass is 16.6. The van der Waals surface area contributed by atoms with Gasteiger partial charge >= 0.3 is 29.8 Å². The second-order valence-electron chi connectivity index (χ2n) is 11.2. The van der Waals surface area contributed by atoms with Crippen LogP contribution in [0.15, 0.2) is 34.1 Å². The van der Waals surface area contributed by atoms with E-state index in [-0.39, 0.29) is 29.7 Å². The van der Waals surface area contributed by atoms with Crippen LogP contribution in [0.5, 0.6) is 0 Å². The minimum atomic E-state index is -1.40. The Morgan fingerprint density at radius 1 is 0.786 bits per heavy atom. The van der Waals surface area contributed by atoms with Crippen molar-refractivity contribution in [1.82, 2.24) is 0 Å². The van der Waals surface area contributed by atoms with Gasteiger partial charge in [-0.15, -0.1) is 0 Å². The number of aliphatic hydroxyl groups is 2. The van der Waals surface area contributed by atoms with Crippen LogP contribution in [-0.4, -0.2) is 77.2 Å². The summed E-state index contributed by atoms with van der Waals surface area (Å²) in [6.45, 7) is 12.2. The van der Waals surface area contributed by atoms with Gasteiger partial charge in [-0.05, 0) is 48.5 Å². The summed E-state index contributed by atoms with van der Waals surface area (Å²) in [7, 11) is 0. The van der Waals surface area contributed by atoms with E-state index in [0.717, 1.165) is 13.8 Å². The van der Waals surface area contributed by atoms with Crippen LogP contribution < -0.4 is 0 Å². The lowest BCUT2D eigenvalue weighted by Crippen LogP contribution is -2.49. The number of carbonyl (C=O) groups is 5. The van der Waals surface area contributed by atoms with Crippen LogP contribution in [0.1, 0.15) is 75.2 Å². The van der Waals surface area contributed by atoms with Crippen LogP contribution in [0, 0.1) is 11.3 Å². The van der Waals surface area contributed by atoms with E-state index in [1.54, 1.807) is 6.92 Å². The molecular weight excluding hydrogens is 552 g/mol. The van der Waals surface area contributed by atoms with Gasteiger partial charge in [-0.3, -0.25) is 24.0 Å². The third kappa shape index (κ3) is 8.28. The molecule has 0 heterocycles. The van der Waals surface area contributed by atoms with E-state index in [9.17, 15) is 34.2 Å². The lowest BCUT2D eigenvalue weighted by atomic mass is 9.60. The fourth-order valence-corrected chi connectivity index (χ4v) is 5.85. The molecule has 0 spiro atoms. The summed E-state index contributed by atoms with van der Waals surface area (Å²) in [4.78, 5) is 61.5. The molecule has 0 fully saturated rings. The predicted octanol–water partition coefficient (Wildman–Crippen LogP) is 2.60. The van der Waals surface area contributed by atoms with Gasteiger partial charge in [0.15, 0.2) is 11.9 Å². The summed E-state index contributed by atoms with van der Waals surface area (Å²) in [5.74, 6) is -4.23. The second-order valence-corrected chi connectivity index (χ2v) is 11.2.